The van der Waals surface area contributed by atoms with Crippen molar-refractivity contribution in [2.45, 2.75) is 39.4 Å². The van der Waals surface area contributed by atoms with E-state index in [1.807, 2.05) is 13.8 Å². The number of hydrogen-bond acceptors (Lipinski definition) is 7. The minimum atomic E-state index is -0.0942. The highest BCUT2D eigenvalue weighted by Gasteiger charge is 2.22. The van der Waals surface area contributed by atoms with Crippen LogP contribution in [0.5, 0.6) is 0 Å². The van der Waals surface area contributed by atoms with Crippen molar-refractivity contribution in [3.05, 3.63) is 29.8 Å². The molecule has 0 radical (unpaired) electrons. The van der Waals surface area contributed by atoms with Crippen LogP contribution in [-0.4, -0.2) is 58.5 Å². The number of carbonyl (C=O) groups excluding carboxylic acids is 2. The number of nitrogens with one attached hydrogen (secondary N) is 1. The molecule has 1 saturated heterocycles. The highest BCUT2D eigenvalue weighted by molar-refractivity contribution is 7.99. The molecule has 9 heteroatoms. The van der Waals surface area contributed by atoms with E-state index < -0.39 is 0 Å². The third-order valence-corrected chi connectivity index (χ3v) is 5.84. The van der Waals surface area contributed by atoms with E-state index in [9.17, 15) is 9.59 Å². The molecule has 1 aromatic carbocycles. The summed E-state index contributed by atoms with van der Waals surface area (Å²) in [6, 6.07) is 7.01. The number of anilines is 2. The van der Waals surface area contributed by atoms with Gasteiger partial charge in [0.25, 0.3) is 0 Å². The van der Waals surface area contributed by atoms with Gasteiger partial charge >= 0.3 is 0 Å². The van der Waals surface area contributed by atoms with Gasteiger partial charge in [0.1, 0.15) is 0 Å². The van der Waals surface area contributed by atoms with Crippen LogP contribution in [0.15, 0.2) is 29.4 Å². The molecular weight excluding hydrogens is 414 g/mol. The van der Waals surface area contributed by atoms with Crippen LogP contribution in [0.25, 0.3) is 0 Å². The van der Waals surface area contributed by atoms with Gasteiger partial charge in [-0.3, -0.25) is 14.2 Å². The molecule has 1 amide bonds. The van der Waals surface area contributed by atoms with Crippen molar-refractivity contribution in [2.75, 3.05) is 42.3 Å². The summed E-state index contributed by atoms with van der Waals surface area (Å²) >= 11 is 1.41. The Hall–Kier alpha value is -2.39. The molecule has 1 aromatic heterocycles. The fourth-order valence-electron chi connectivity index (χ4n) is 3.15. The first-order valence-corrected chi connectivity index (χ1v) is 11.7. The quantitative estimate of drug-likeness (QED) is 0.468. The lowest BCUT2D eigenvalue weighted by molar-refractivity contribution is -0.118. The molecule has 1 fully saturated rings. The zero-order valence-electron chi connectivity index (χ0n) is 18.6. The number of thioether (sulfide) groups is 1. The first-order valence-electron chi connectivity index (χ1n) is 10.7. The van der Waals surface area contributed by atoms with E-state index in [0.29, 0.717) is 30.4 Å². The van der Waals surface area contributed by atoms with Crippen LogP contribution in [0.1, 0.15) is 38.1 Å². The maximum atomic E-state index is 12.7. The smallest absolute Gasteiger partial charge is 0.228 e. The Labute approximate surface area is 187 Å². The van der Waals surface area contributed by atoms with E-state index in [-0.39, 0.29) is 23.4 Å². The number of Topliss-reactive ketones (excluding diaryl/α,β-unsaturated/α-hetero) is 1. The largest absolute Gasteiger partial charge is 0.378 e. The monoisotopic (exact) mass is 445 g/mol. The number of morpholine rings is 1. The van der Waals surface area contributed by atoms with Gasteiger partial charge in [-0.05, 0) is 30.2 Å². The summed E-state index contributed by atoms with van der Waals surface area (Å²) in [6.45, 7) is 11.7. The molecule has 8 nitrogen and oxygen atoms in total. The van der Waals surface area contributed by atoms with E-state index in [1.54, 1.807) is 24.3 Å². The zero-order valence-corrected chi connectivity index (χ0v) is 19.4. The van der Waals surface area contributed by atoms with Gasteiger partial charge in [-0.1, -0.05) is 39.5 Å². The molecule has 2 heterocycles. The Bertz CT molecular complexity index is 889. The molecule has 0 unspecified atom stereocenters. The van der Waals surface area contributed by atoms with E-state index >= 15 is 0 Å². The van der Waals surface area contributed by atoms with Crippen molar-refractivity contribution < 1.29 is 14.3 Å². The Morgan fingerprint density at radius 1 is 1.10 bits per heavy atom. The molecule has 2 aromatic rings. The Morgan fingerprint density at radius 2 is 1.77 bits per heavy atom. The number of ketones is 1. The predicted molar refractivity (Wildman–Crippen MR) is 123 cm³/mol. The average molecular weight is 446 g/mol. The zero-order chi connectivity index (χ0) is 22.4. The van der Waals surface area contributed by atoms with Crippen LogP contribution in [0.4, 0.5) is 11.6 Å². The third-order valence-electron chi connectivity index (χ3n) is 4.87. The lowest BCUT2D eigenvalue weighted by Gasteiger charge is -2.28. The number of rotatable bonds is 9. The van der Waals surface area contributed by atoms with Gasteiger partial charge in [-0.25, -0.2) is 0 Å². The summed E-state index contributed by atoms with van der Waals surface area (Å²) < 4.78 is 7.56. The first kappa shape index (κ1) is 23.3. The van der Waals surface area contributed by atoms with Crippen LogP contribution in [-0.2, 0) is 16.1 Å². The van der Waals surface area contributed by atoms with Gasteiger partial charge in [-0.15, -0.1) is 10.2 Å². The standard InChI is InChI=1S/C22H31N5O3S/c1-15(2)13-27-21(26-9-11-30-12-10-26)24-25-22(27)31-14-19(28)17-5-7-18(8-6-17)23-20(29)16(3)4/h5-8,15-16H,9-14H2,1-4H3,(H,23,29). The Kier molecular flexibility index (Phi) is 8.09. The van der Waals surface area contributed by atoms with Crippen molar-refractivity contribution in [1.82, 2.24) is 14.8 Å². The number of benzene rings is 1. The number of aromatic nitrogens is 3. The molecule has 0 spiro atoms. The van der Waals surface area contributed by atoms with Crippen molar-refractivity contribution in [3.63, 3.8) is 0 Å². The van der Waals surface area contributed by atoms with E-state index in [0.717, 1.165) is 30.7 Å². The van der Waals surface area contributed by atoms with Crippen molar-refractivity contribution >= 4 is 35.1 Å². The fraction of sp³-hybridized carbons (Fsp3) is 0.545. The van der Waals surface area contributed by atoms with Gasteiger partial charge < -0.3 is 15.0 Å². The number of hydrogen-bond donors (Lipinski definition) is 1. The second-order valence-corrected chi connectivity index (χ2v) is 9.26. The van der Waals surface area contributed by atoms with Crippen molar-refractivity contribution in [1.29, 1.82) is 0 Å². The summed E-state index contributed by atoms with van der Waals surface area (Å²) in [6.07, 6.45) is 0. The average Bonchev–Trinajstić information content (AvgIpc) is 3.14. The Balaban J connectivity index is 1.65. The van der Waals surface area contributed by atoms with Crippen LogP contribution in [0, 0.1) is 11.8 Å². The molecule has 3 rings (SSSR count). The normalized spacial score (nSPS) is 14.3. The van der Waals surface area contributed by atoms with Crippen molar-refractivity contribution in [2.24, 2.45) is 11.8 Å². The Morgan fingerprint density at radius 3 is 2.39 bits per heavy atom. The van der Waals surface area contributed by atoms with Crippen LogP contribution in [0.2, 0.25) is 0 Å². The third kappa shape index (κ3) is 6.30. The maximum Gasteiger partial charge on any atom is 0.228 e. The van der Waals surface area contributed by atoms with Crippen LogP contribution < -0.4 is 10.2 Å². The molecule has 0 atom stereocenters. The van der Waals surface area contributed by atoms with Gasteiger partial charge in [-0.2, -0.15) is 0 Å². The van der Waals surface area contributed by atoms with Gasteiger partial charge in [0.05, 0.1) is 19.0 Å². The lowest BCUT2D eigenvalue weighted by Crippen LogP contribution is -2.38. The maximum absolute atomic E-state index is 12.7. The van der Waals surface area contributed by atoms with E-state index in [1.165, 1.54) is 11.8 Å². The van der Waals surface area contributed by atoms with E-state index in [2.05, 4.69) is 38.8 Å². The molecule has 1 aliphatic heterocycles. The summed E-state index contributed by atoms with van der Waals surface area (Å²) in [5.41, 5.74) is 1.30. The summed E-state index contributed by atoms with van der Waals surface area (Å²) in [7, 11) is 0. The SMILES string of the molecule is CC(C)Cn1c(SCC(=O)c2ccc(NC(=O)C(C)C)cc2)nnc1N1CCOCC1. The lowest BCUT2D eigenvalue weighted by atomic mass is 10.1. The predicted octanol–water partition coefficient (Wildman–Crippen LogP) is 3.34. The number of carbonyl (C=O) groups is 2. The minimum absolute atomic E-state index is 0.0127. The van der Waals surface area contributed by atoms with Gasteiger partial charge in [0, 0.05) is 36.8 Å². The van der Waals surface area contributed by atoms with Gasteiger partial charge in [0.2, 0.25) is 11.9 Å². The minimum Gasteiger partial charge on any atom is -0.378 e. The summed E-state index contributed by atoms with van der Waals surface area (Å²) in [5, 5.41) is 12.4. The molecule has 0 saturated carbocycles. The van der Waals surface area contributed by atoms with Gasteiger partial charge in [0.15, 0.2) is 10.9 Å². The highest BCUT2D eigenvalue weighted by atomic mass is 32.2. The molecule has 168 valence electrons. The van der Waals surface area contributed by atoms with Crippen LogP contribution in [0.3, 0.4) is 0 Å². The molecule has 31 heavy (non-hydrogen) atoms. The topological polar surface area (TPSA) is 89.3 Å². The van der Waals surface area contributed by atoms with E-state index in [4.69, 9.17) is 4.74 Å². The fourth-order valence-corrected chi connectivity index (χ4v) is 3.99. The second kappa shape index (κ2) is 10.8. The summed E-state index contributed by atoms with van der Waals surface area (Å²) in [4.78, 5) is 26.7. The first-order chi connectivity index (χ1) is 14.8. The molecule has 1 N–H and O–H groups in total. The summed E-state index contributed by atoms with van der Waals surface area (Å²) in [5.74, 6) is 1.42. The van der Waals surface area contributed by atoms with Crippen molar-refractivity contribution in [3.8, 4) is 0 Å². The molecule has 0 aliphatic carbocycles. The second-order valence-electron chi connectivity index (χ2n) is 8.32. The number of ether oxygens (including phenoxy) is 1. The molecule has 0 bridgehead atoms. The van der Waals surface area contributed by atoms with Crippen LogP contribution >= 0.6 is 11.8 Å². The molecule has 1 aliphatic rings. The number of nitrogens with zero attached hydrogens (tertiary/aromatic N) is 4. The molecular formula is C22H31N5O3S. The number of amides is 1. The highest BCUT2D eigenvalue weighted by Crippen LogP contribution is 2.25.